The standard InChI is InChI=1S/C14H19NO4/c1-9(10(2)14(18)19)13(17)15-12(8-16)11-6-4-3-5-7-11/h3-7,9-10,12,16H,8H2,1-2H3,(H,15,17)(H,18,19)/t9?,10?,12-/m0/s1. The van der Waals surface area contributed by atoms with E-state index >= 15 is 0 Å². The number of benzene rings is 1. The second-order valence-electron chi connectivity index (χ2n) is 4.57. The Kier molecular flexibility index (Phi) is 5.51. The zero-order chi connectivity index (χ0) is 14.4. The van der Waals surface area contributed by atoms with Crippen LogP contribution in [-0.2, 0) is 9.59 Å². The molecule has 2 unspecified atom stereocenters. The summed E-state index contributed by atoms with van der Waals surface area (Å²) in [5.74, 6) is -2.81. The first-order chi connectivity index (χ1) is 8.97. The molecule has 0 bridgehead atoms. The number of hydrogen-bond acceptors (Lipinski definition) is 3. The van der Waals surface area contributed by atoms with Crippen LogP contribution in [0.5, 0.6) is 0 Å². The molecule has 0 aliphatic rings. The number of amides is 1. The normalized spacial score (nSPS) is 15.3. The van der Waals surface area contributed by atoms with Crippen LogP contribution in [0.3, 0.4) is 0 Å². The second kappa shape index (κ2) is 6.89. The van der Waals surface area contributed by atoms with Crippen LogP contribution in [-0.4, -0.2) is 28.7 Å². The summed E-state index contributed by atoms with van der Waals surface area (Å²) in [6.07, 6.45) is 0. The van der Waals surface area contributed by atoms with Crippen molar-refractivity contribution in [1.82, 2.24) is 5.32 Å². The summed E-state index contributed by atoms with van der Waals surface area (Å²) in [7, 11) is 0. The van der Waals surface area contributed by atoms with Crippen LogP contribution in [0.15, 0.2) is 30.3 Å². The highest BCUT2D eigenvalue weighted by Crippen LogP contribution is 2.16. The van der Waals surface area contributed by atoms with Crippen molar-refractivity contribution in [3.05, 3.63) is 35.9 Å². The number of carboxylic acid groups (broad SMARTS) is 1. The lowest BCUT2D eigenvalue weighted by atomic mass is 9.94. The predicted molar refractivity (Wildman–Crippen MR) is 70.4 cm³/mol. The smallest absolute Gasteiger partial charge is 0.307 e. The third kappa shape index (κ3) is 4.06. The molecule has 0 aliphatic carbocycles. The molecule has 5 heteroatoms. The molecule has 0 spiro atoms. The molecule has 0 aromatic heterocycles. The first-order valence-corrected chi connectivity index (χ1v) is 6.16. The van der Waals surface area contributed by atoms with Gasteiger partial charge in [-0.1, -0.05) is 44.2 Å². The minimum absolute atomic E-state index is 0.232. The molecule has 0 fully saturated rings. The van der Waals surface area contributed by atoms with Crippen molar-refractivity contribution in [1.29, 1.82) is 0 Å². The number of carbonyl (C=O) groups excluding carboxylic acids is 1. The van der Waals surface area contributed by atoms with E-state index in [1.807, 2.05) is 18.2 Å². The maximum atomic E-state index is 11.9. The van der Waals surface area contributed by atoms with Crippen LogP contribution in [0.2, 0.25) is 0 Å². The van der Waals surface area contributed by atoms with Crippen LogP contribution in [0.1, 0.15) is 25.5 Å². The Morgan fingerprint density at radius 2 is 1.74 bits per heavy atom. The molecule has 0 heterocycles. The highest BCUT2D eigenvalue weighted by Gasteiger charge is 2.27. The number of hydrogen-bond donors (Lipinski definition) is 3. The molecule has 1 aromatic rings. The highest BCUT2D eigenvalue weighted by molar-refractivity contribution is 5.84. The van der Waals surface area contributed by atoms with Crippen molar-refractivity contribution in [2.75, 3.05) is 6.61 Å². The number of carboxylic acids is 1. The monoisotopic (exact) mass is 265 g/mol. The molecular weight excluding hydrogens is 246 g/mol. The van der Waals surface area contributed by atoms with E-state index in [0.717, 1.165) is 5.56 Å². The molecule has 0 radical (unpaired) electrons. The molecule has 1 aromatic carbocycles. The highest BCUT2D eigenvalue weighted by atomic mass is 16.4. The summed E-state index contributed by atoms with van der Waals surface area (Å²) in [4.78, 5) is 22.8. The van der Waals surface area contributed by atoms with E-state index in [1.165, 1.54) is 6.92 Å². The Balaban J connectivity index is 2.71. The summed E-state index contributed by atoms with van der Waals surface area (Å²) >= 11 is 0. The maximum Gasteiger partial charge on any atom is 0.307 e. The van der Waals surface area contributed by atoms with Gasteiger partial charge in [0.05, 0.1) is 18.6 Å². The van der Waals surface area contributed by atoms with Crippen LogP contribution in [0.4, 0.5) is 0 Å². The summed E-state index contributed by atoms with van der Waals surface area (Å²) in [5.41, 5.74) is 0.786. The number of aliphatic hydroxyl groups is 1. The third-order valence-corrected chi connectivity index (χ3v) is 3.25. The van der Waals surface area contributed by atoms with E-state index in [0.29, 0.717) is 0 Å². The molecule has 5 nitrogen and oxygen atoms in total. The molecule has 3 N–H and O–H groups in total. The van der Waals surface area contributed by atoms with Gasteiger partial charge in [0.1, 0.15) is 0 Å². The molecule has 3 atom stereocenters. The van der Waals surface area contributed by atoms with Gasteiger partial charge in [0.25, 0.3) is 0 Å². The van der Waals surface area contributed by atoms with E-state index in [1.54, 1.807) is 19.1 Å². The quantitative estimate of drug-likeness (QED) is 0.721. The minimum atomic E-state index is -1.01. The van der Waals surface area contributed by atoms with E-state index in [4.69, 9.17) is 5.11 Å². The van der Waals surface area contributed by atoms with Gasteiger partial charge in [-0.05, 0) is 5.56 Å². The second-order valence-corrected chi connectivity index (χ2v) is 4.57. The van der Waals surface area contributed by atoms with E-state index in [-0.39, 0.29) is 12.5 Å². The summed E-state index contributed by atoms with van der Waals surface area (Å²) < 4.78 is 0. The number of aliphatic hydroxyl groups excluding tert-OH is 1. The Labute approximate surface area is 112 Å². The van der Waals surface area contributed by atoms with Crippen molar-refractivity contribution < 1.29 is 19.8 Å². The van der Waals surface area contributed by atoms with Crippen LogP contribution in [0.25, 0.3) is 0 Å². The minimum Gasteiger partial charge on any atom is -0.481 e. The van der Waals surface area contributed by atoms with Gasteiger partial charge in [-0.3, -0.25) is 9.59 Å². The van der Waals surface area contributed by atoms with Gasteiger partial charge in [-0.25, -0.2) is 0 Å². The molecule has 0 aliphatic heterocycles. The number of rotatable bonds is 6. The fourth-order valence-electron chi connectivity index (χ4n) is 1.66. The average molecular weight is 265 g/mol. The lowest BCUT2D eigenvalue weighted by Crippen LogP contribution is -2.38. The van der Waals surface area contributed by atoms with E-state index < -0.39 is 23.8 Å². The lowest BCUT2D eigenvalue weighted by Gasteiger charge is -2.21. The molecule has 19 heavy (non-hydrogen) atoms. The van der Waals surface area contributed by atoms with Gasteiger partial charge in [0, 0.05) is 5.92 Å². The Hall–Kier alpha value is -1.88. The van der Waals surface area contributed by atoms with Gasteiger partial charge in [0.2, 0.25) is 5.91 Å². The first-order valence-electron chi connectivity index (χ1n) is 6.16. The Morgan fingerprint density at radius 3 is 2.21 bits per heavy atom. The Morgan fingerprint density at radius 1 is 1.16 bits per heavy atom. The molecule has 1 rings (SSSR count). The van der Waals surface area contributed by atoms with E-state index in [2.05, 4.69) is 5.32 Å². The zero-order valence-corrected chi connectivity index (χ0v) is 11.0. The van der Waals surface area contributed by atoms with Crippen LogP contribution >= 0.6 is 0 Å². The topological polar surface area (TPSA) is 86.6 Å². The predicted octanol–water partition coefficient (Wildman–Crippen LogP) is 1.19. The Bertz CT molecular complexity index is 432. The first kappa shape index (κ1) is 15.2. The fraction of sp³-hybridized carbons (Fsp3) is 0.429. The fourth-order valence-corrected chi connectivity index (χ4v) is 1.66. The lowest BCUT2D eigenvalue weighted by molar-refractivity contribution is -0.146. The summed E-state index contributed by atoms with van der Waals surface area (Å²) in [6, 6.07) is 8.55. The van der Waals surface area contributed by atoms with Crippen molar-refractivity contribution in [3.8, 4) is 0 Å². The van der Waals surface area contributed by atoms with Crippen molar-refractivity contribution in [2.45, 2.75) is 19.9 Å². The zero-order valence-electron chi connectivity index (χ0n) is 11.0. The number of aliphatic carboxylic acids is 1. The molecular formula is C14H19NO4. The molecule has 0 saturated heterocycles. The van der Waals surface area contributed by atoms with Gasteiger partial charge in [0.15, 0.2) is 0 Å². The van der Waals surface area contributed by atoms with Crippen molar-refractivity contribution >= 4 is 11.9 Å². The van der Waals surface area contributed by atoms with Gasteiger partial charge in [-0.2, -0.15) is 0 Å². The van der Waals surface area contributed by atoms with Crippen molar-refractivity contribution in [3.63, 3.8) is 0 Å². The van der Waals surface area contributed by atoms with Crippen LogP contribution in [0, 0.1) is 11.8 Å². The number of nitrogens with one attached hydrogen (secondary N) is 1. The van der Waals surface area contributed by atoms with Gasteiger partial charge >= 0.3 is 5.97 Å². The SMILES string of the molecule is CC(C(=O)O)C(C)C(=O)N[C@@H](CO)c1ccccc1. The van der Waals surface area contributed by atoms with Gasteiger partial charge < -0.3 is 15.5 Å². The summed E-state index contributed by atoms with van der Waals surface area (Å²) in [6.45, 7) is 2.82. The number of carbonyl (C=O) groups is 2. The molecule has 0 saturated carbocycles. The van der Waals surface area contributed by atoms with E-state index in [9.17, 15) is 14.7 Å². The molecule has 1 amide bonds. The van der Waals surface area contributed by atoms with Crippen molar-refractivity contribution in [2.24, 2.45) is 11.8 Å². The van der Waals surface area contributed by atoms with Gasteiger partial charge in [-0.15, -0.1) is 0 Å². The maximum absolute atomic E-state index is 11.9. The largest absolute Gasteiger partial charge is 0.481 e. The third-order valence-electron chi connectivity index (χ3n) is 3.25. The molecule has 104 valence electrons. The summed E-state index contributed by atoms with van der Waals surface area (Å²) in [5, 5.41) is 20.9. The average Bonchev–Trinajstić information content (AvgIpc) is 2.43. The van der Waals surface area contributed by atoms with Crippen LogP contribution < -0.4 is 5.32 Å².